The summed E-state index contributed by atoms with van der Waals surface area (Å²) in [7, 11) is 0. The minimum Gasteiger partial charge on any atom is -0.338 e. The Morgan fingerprint density at radius 1 is 0.852 bits per heavy atom. The van der Waals surface area contributed by atoms with Crippen molar-refractivity contribution in [2.75, 3.05) is 18.0 Å². The topological polar surface area (TPSA) is 36.4 Å². The van der Waals surface area contributed by atoms with Crippen LogP contribution in [-0.4, -0.2) is 28.9 Å². The third kappa shape index (κ3) is 4.53. The summed E-state index contributed by atoms with van der Waals surface area (Å²) in [5.74, 6) is -0.0328. The Morgan fingerprint density at radius 3 is 2.11 bits per heavy atom. The van der Waals surface area contributed by atoms with E-state index < -0.39 is 0 Å². The Kier molecular flexibility index (Phi) is 6.21. The van der Waals surface area contributed by atoms with Crippen LogP contribution in [-0.2, 0) is 6.54 Å². The van der Waals surface area contributed by atoms with Gasteiger partial charge in [0.15, 0.2) is 0 Å². The van der Waals surface area contributed by atoms with Crippen molar-refractivity contribution in [2.45, 2.75) is 20.4 Å². The molecule has 2 aromatic carbocycles. The second-order valence-corrected chi connectivity index (χ2v) is 6.28. The molecule has 3 rings (SSSR count). The maximum atomic E-state index is 12.7. The van der Waals surface area contributed by atoms with Gasteiger partial charge in [0.25, 0.3) is 5.91 Å². The summed E-state index contributed by atoms with van der Waals surface area (Å²) in [6.07, 6.45) is 1.72. The molecule has 0 saturated heterocycles. The van der Waals surface area contributed by atoms with E-state index in [2.05, 4.69) is 34.1 Å². The van der Waals surface area contributed by atoms with Gasteiger partial charge in [0.05, 0.1) is 0 Å². The number of amides is 1. The fraction of sp³-hybridized carbons (Fsp3) is 0.217. The van der Waals surface area contributed by atoms with Gasteiger partial charge in [-0.15, -0.1) is 0 Å². The van der Waals surface area contributed by atoms with Gasteiger partial charge in [-0.2, -0.15) is 0 Å². The molecule has 0 N–H and O–H groups in total. The Balaban J connectivity index is 1.97. The van der Waals surface area contributed by atoms with Crippen molar-refractivity contribution in [2.24, 2.45) is 0 Å². The van der Waals surface area contributed by atoms with Gasteiger partial charge in [-0.05, 0) is 43.7 Å². The largest absolute Gasteiger partial charge is 0.338 e. The molecule has 4 heteroatoms. The van der Waals surface area contributed by atoms with Crippen LogP contribution in [0, 0.1) is 0 Å². The quantitative estimate of drug-likeness (QED) is 0.602. The number of carbonyl (C=O) groups excluding carboxylic acids is 1. The van der Waals surface area contributed by atoms with Crippen molar-refractivity contribution >= 4 is 17.3 Å². The number of rotatable bonds is 7. The van der Waals surface area contributed by atoms with Gasteiger partial charge in [-0.25, -0.2) is 0 Å². The predicted molar refractivity (Wildman–Crippen MR) is 110 cm³/mol. The monoisotopic (exact) mass is 359 g/mol. The lowest BCUT2D eigenvalue weighted by atomic mass is 10.1. The van der Waals surface area contributed by atoms with Crippen LogP contribution < -0.4 is 4.90 Å². The third-order valence-electron chi connectivity index (χ3n) is 4.58. The van der Waals surface area contributed by atoms with Gasteiger partial charge in [-0.1, -0.05) is 48.5 Å². The van der Waals surface area contributed by atoms with Crippen molar-refractivity contribution in [3.63, 3.8) is 0 Å². The normalized spacial score (nSPS) is 10.4. The highest BCUT2D eigenvalue weighted by Crippen LogP contribution is 2.27. The minimum atomic E-state index is -0.0328. The molecule has 27 heavy (non-hydrogen) atoms. The van der Waals surface area contributed by atoms with Crippen molar-refractivity contribution < 1.29 is 4.79 Å². The molecule has 0 bridgehead atoms. The number of hydrogen-bond donors (Lipinski definition) is 0. The first-order chi connectivity index (χ1) is 13.2. The van der Waals surface area contributed by atoms with Crippen LogP contribution in [0.4, 0.5) is 11.4 Å². The number of nitrogens with zero attached hydrogens (tertiary/aromatic N) is 3. The Hall–Kier alpha value is -3.14. The standard InChI is InChI=1S/C23H25N3O/c1-3-25(4-2)23(27)22-17-21(15-16-24-22)26(20-13-9-6-10-14-20)18-19-11-7-5-8-12-19/h5-17H,3-4,18H2,1-2H3. The van der Waals surface area contributed by atoms with E-state index in [1.807, 2.05) is 62.4 Å². The average molecular weight is 359 g/mol. The lowest BCUT2D eigenvalue weighted by molar-refractivity contribution is 0.0767. The first-order valence-electron chi connectivity index (χ1n) is 9.34. The lowest BCUT2D eigenvalue weighted by Gasteiger charge is -2.26. The molecule has 4 nitrogen and oxygen atoms in total. The Labute approximate surface area is 161 Å². The summed E-state index contributed by atoms with van der Waals surface area (Å²) in [6.45, 7) is 6.03. The molecule has 1 heterocycles. The first-order valence-corrected chi connectivity index (χ1v) is 9.34. The zero-order valence-corrected chi connectivity index (χ0v) is 15.9. The maximum Gasteiger partial charge on any atom is 0.272 e. The fourth-order valence-electron chi connectivity index (χ4n) is 3.08. The van der Waals surface area contributed by atoms with E-state index in [1.165, 1.54) is 5.56 Å². The highest BCUT2D eigenvalue weighted by molar-refractivity contribution is 5.93. The van der Waals surface area contributed by atoms with E-state index in [9.17, 15) is 4.79 Å². The van der Waals surface area contributed by atoms with Gasteiger partial charge in [0, 0.05) is 37.2 Å². The van der Waals surface area contributed by atoms with E-state index >= 15 is 0 Å². The number of hydrogen-bond acceptors (Lipinski definition) is 3. The SMILES string of the molecule is CCN(CC)C(=O)c1cc(N(Cc2ccccc2)c2ccccc2)ccn1. The van der Waals surface area contributed by atoms with E-state index in [0.717, 1.165) is 11.4 Å². The predicted octanol–water partition coefficient (Wildman–Crippen LogP) is 4.90. The Morgan fingerprint density at radius 2 is 1.48 bits per heavy atom. The molecule has 0 aliphatic heterocycles. The van der Waals surface area contributed by atoms with Gasteiger partial charge in [0.2, 0.25) is 0 Å². The first kappa shape index (κ1) is 18.6. The molecule has 0 saturated carbocycles. The van der Waals surface area contributed by atoms with Crippen LogP contribution in [0.25, 0.3) is 0 Å². The van der Waals surface area contributed by atoms with Crippen LogP contribution in [0.5, 0.6) is 0 Å². The van der Waals surface area contributed by atoms with Gasteiger partial charge in [0.1, 0.15) is 5.69 Å². The molecule has 3 aromatic rings. The van der Waals surface area contributed by atoms with Crippen LogP contribution in [0.15, 0.2) is 79.0 Å². The minimum absolute atomic E-state index is 0.0328. The summed E-state index contributed by atoms with van der Waals surface area (Å²) in [4.78, 5) is 21.0. The van der Waals surface area contributed by atoms with Crippen LogP contribution >= 0.6 is 0 Å². The average Bonchev–Trinajstić information content (AvgIpc) is 2.74. The smallest absolute Gasteiger partial charge is 0.272 e. The van der Waals surface area contributed by atoms with Gasteiger partial charge < -0.3 is 9.80 Å². The van der Waals surface area contributed by atoms with E-state index in [-0.39, 0.29) is 5.91 Å². The van der Waals surface area contributed by atoms with Crippen LogP contribution in [0.1, 0.15) is 29.9 Å². The van der Waals surface area contributed by atoms with Crippen LogP contribution in [0.2, 0.25) is 0 Å². The number of pyridine rings is 1. The summed E-state index contributed by atoms with van der Waals surface area (Å²) in [6, 6.07) is 24.4. The molecule has 1 aromatic heterocycles. The highest BCUT2D eigenvalue weighted by atomic mass is 16.2. The van der Waals surface area contributed by atoms with Crippen molar-refractivity contribution in [1.29, 1.82) is 0 Å². The van der Waals surface area contributed by atoms with E-state index in [4.69, 9.17) is 0 Å². The number of carbonyl (C=O) groups is 1. The fourth-order valence-corrected chi connectivity index (χ4v) is 3.08. The lowest BCUT2D eigenvalue weighted by Crippen LogP contribution is -2.31. The van der Waals surface area contributed by atoms with Crippen molar-refractivity contribution in [3.05, 3.63) is 90.3 Å². The number of para-hydroxylation sites is 1. The molecule has 0 unspecified atom stereocenters. The van der Waals surface area contributed by atoms with Crippen molar-refractivity contribution in [1.82, 2.24) is 9.88 Å². The molecule has 0 spiro atoms. The summed E-state index contributed by atoms with van der Waals surface area (Å²) in [5, 5.41) is 0. The molecule has 0 aliphatic carbocycles. The molecule has 0 radical (unpaired) electrons. The van der Waals surface area contributed by atoms with E-state index in [1.54, 1.807) is 11.1 Å². The molecular weight excluding hydrogens is 334 g/mol. The number of anilines is 2. The molecule has 138 valence electrons. The van der Waals surface area contributed by atoms with E-state index in [0.29, 0.717) is 25.3 Å². The third-order valence-corrected chi connectivity index (χ3v) is 4.58. The summed E-state index contributed by atoms with van der Waals surface area (Å²) in [5.41, 5.74) is 3.71. The molecule has 0 atom stereocenters. The summed E-state index contributed by atoms with van der Waals surface area (Å²) >= 11 is 0. The van der Waals surface area contributed by atoms with Gasteiger partial charge in [-0.3, -0.25) is 9.78 Å². The molecule has 0 aliphatic rings. The second-order valence-electron chi connectivity index (χ2n) is 6.28. The van der Waals surface area contributed by atoms with Gasteiger partial charge >= 0.3 is 0 Å². The molecular formula is C23H25N3O. The second kappa shape index (κ2) is 8.99. The van der Waals surface area contributed by atoms with Crippen molar-refractivity contribution in [3.8, 4) is 0 Å². The highest BCUT2D eigenvalue weighted by Gasteiger charge is 2.17. The molecule has 1 amide bonds. The maximum absolute atomic E-state index is 12.7. The molecule has 0 fully saturated rings. The zero-order valence-electron chi connectivity index (χ0n) is 15.9. The Bertz CT molecular complexity index is 861. The zero-order chi connectivity index (χ0) is 19.1. The number of aromatic nitrogens is 1. The number of benzene rings is 2. The summed E-state index contributed by atoms with van der Waals surface area (Å²) < 4.78 is 0. The van der Waals surface area contributed by atoms with Crippen LogP contribution in [0.3, 0.4) is 0 Å².